The van der Waals surface area contributed by atoms with Gasteiger partial charge >= 0.3 is 13.7 Å². The van der Waals surface area contributed by atoms with Gasteiger partial charge in [-0.05, 0) is 74.6 Å². The second kappa shape index (κ2) is 17.2. The van der Waals surface area contributed by atoms with E-state index in [9.17, 15) is 9.36 Å². The maximum absolute atomic E-state index is 14.8. The molecule has 310 valence electrons. The number of carbonyl (C=O) groups excluding carboxylic acids is 1. The van der Waals surface area contributed by atoms with Gasteiger partial charge in [0, 0.05) is 0 Å². The van der Waals surface area contributed by atoms with Gasteiger partial charge in [0.15, 0.2) is 22.5 Å². The SMILES string of the molecule is CCC(CC)COC(=O)[C@H](C)N[P@](=O)(OC[C@H]1O[C@@](C)(C2CC=C3C(N)=NC=NN32)C(O[Si](C)(C)C(C)(C)C)C1O[Si](C)(C)C(C)(C)C)Oc1ccccc1. The van der Waals surface area contributed by atoms with E-state index in [2.05, 4.69) is 96.8 Å². The Bertz CT molecular complexity index is 1630. The molecule has 55 heavy (non-hydrogen) atoms. The number of aliphatic imine (C=N–C) groups is 1. The van der Waals surface area contributed by atoms with Crippen LogP contribution in [0.25, 0.3) is 0 Å². The summed E-state index contributed by atoms with van der Waals surface area (Å²) in [4.78, 5) is 17.4. The Hall–Kier alpha value is -2.37. The van der Waals surface area contributed by atoms with Crippen molar-refractivity contribution >= 4 is 42.5 Å². The number of para-hydroxylation sites is 1. The largest absolute Gasteiger partial charge is 0.464 e. The van der Waals surface area contributed by atoms with Gasteiger partial charge in [0.25, 0.3) is 0 Å². The van der Waals surface area contributed by atoms with Gasteiger partial charge in [-0.1, -0.05) is 92.5 Å². The van der Waals surface area contributed by atoms with Crippen molar-refractivity contribution in [3.8, 4) is 5.75 Å². The molecule has 1 aromatic rings. The number of hydrogen-bond acceptors (Lipinski definition) is 12. The highest BCUT2D eigenvalue weighted by atomic mass is 31.2. The van der Waals surface area contributed by atoms with Crippen molar-refractivity contribution in [1.29, 1.82) is 0 Å². The monoisotopic (exact) mass is 821 g/mol. The van der Waals surface area contributed by atoms with Crippen LogP contribution in [-0.4, -0.2) is 89.0 Å². The van der Waals surface area contributed by atoms with Crippen LogP contribution in [0.2, 0.25) is 36.3 Å². The fourth-order valence-electron chi connectivity index (χ4n) is 6.37. The van der Waals surface area contributed by atoms with Gasteiger partial charge in [-0.15, -0.1) is 0 Å². The number of nitrogens with zero attached hydrogens (tertiary/aromatic N) is 3. The van der Waals surface area contributed by atoms with E-state index in [1.807, 2.05) is 24.1 Å². The first-order valence-electron chi connectivity index (χ1n) is 19.7. The lowest BCUT2D eigenvalue weighted by molar-refractivity contribution is -0.146. The number of amidine groups is 1. The Balaban J connectivity index is 1.75. The van der Waals surface area contributed by atoms with E-state index in [-0.39, 0.29) is 35.3 Å². The van der Waals surface area contributed by atoms with E-state index >= 15 is 0 Å². The topological polar surface area (TPSA) is 156 Å². The van der Waals surface area contributed by atoms with Crippen LogP contribution >= 0.6 is 7.75 Å². The number of ether oxygens (including phenoxy) is 2. The fraction of sp³-hybridized carbons (Fsp3) is 0.718. The number of carbonyl (C=O) groups is 1. The zero-order chi connectivity index (χ0) is 41.2. The van der Waals surface area contributed by atoms with Crippen molar-refractivity contribution in [2.75, 3.05) is 13.2 Å². The zero-order valence-corrected chi connectivity index (χ0v) is 38.6. The second-order valence-corrected chi connectivity index (χ2v) is 29.5. The third kappa shape index (κ3) is 10.4. The number of hydrogen-bond donors (Lipinski definition) is 2. The Kier molecular flexibility index (Phi) is 14.2. The highest BCUT2D eigenvalue weighted by Gasteiger charge is 2.63. The molecule has 13 nitrogen and oxygen atoms in total. The molecule has 3 aliphatic rings. The summed E-state index contributed by atoms with van der Waals surface area (Å²) in [6, 6.07) is 7.42. The molecule has 1 aromatic carbocycles. The number of nitrogens with one attached hydrogen (secondary N) is 1. The van der Waals surface area contributed by atoms with Crippen molar-refractivity contribution in [1.82, 2.24) is 10.1 Å². The van der Waals surface area contributed by atoms with Gasteiger partial charge in [-0.2, -0.15) is 10.2 Å². The van der Waals surface area contributed by atoms with Crippen LogP contribution in [0.1, 0.15) is 88.5 Å². The predicted octanol–water partition coefficient (Wildman–Crippen LogP) is 8.36. The van der Waals surface area contributed by atoms with E-state index in [0.717, 1.165) is 18.5 Å². The van der Waals surface area contributed by atoms with Gasteiger partial charge < -0.3 is 28.6 Å². The summed E-state index contributed by atoms with van der Waals surface area (Å²) in [6.45, 7) is 29.9. The number of benzene rings is 1. The summed E-state index contributed by atoms with van der Waals surface area (Å²) in [6.07, 6.45) is 3.85. The van der Waals surface area contributed by atoms with Crippen molar-refractivity contribution in [3.63, 3.8) is 0 Å². The van der Waals surface area contributed by atoms with Gasteiger partial charge in [0.05, 0.1) is 25.0 Å². The smallest absolute Gasteiger partial charge is 0.459 e. The van der Waals surface area contributed by atoms with Crippen molar-refractivity contribution in [2.24, 2.45) is 21.7 Å². The maximum Gasteiger partial charge on any atom is 0.459 e. The van der Waals surface area contributed by atoms with Crippen LogP contribution in [0.5, 0.6) is 5.75 Å². The molecule has 1 saturated heterocycles. The molecule has 0 radical (unpaired) electrons. The van der Waals surface area contributed by atoms with Crippen molar-refractivity contribution in [3.05, 3.63) is 42.1 Å². The van der Waals surface area contributed by atoms with Crippen LogP contribution < -0.4 is 15.3 Å². The lowest BCUT2D eigenvalue weighted by atomic mass is 9.87. The summed E-state index contributed by atoms with van der Waals surface area (Å²) in [5.74, 6) is 0.382. The summed E-state index contributed by atoms with van der Waals surface area (Å²) >= 11 is 0. The predicted molar refractivity (Wildman–Crippen MR) is 224 cm³/mol. The molecule has 4 rings (SSSR count). The first-order chi connectivity index (χ1) is 25.4. The third-order valence-electron chi connectivity index (χ3n) is 12.2. The molecule has 16 heteroatoms. The minimum atomic E-state index is -4.24. The van der Waals surface area contributed by atoms with Gasteiger partial charge in [-0.3, -0.25) is 14.3 Å². The first-order valence-corrected chi connectivity index (χ1v) is 27.1. The van der Waals surface area contributed by atoms with E-state index in [1.54, 1.807) is 31.2 Å². The molecule has 0 amide bonds. The summed E-state index contributed by atoms with van der Waals surface area (Å²) < 4.78 is 54.8. The Morgan fingerprint density at radius 1 is 1.05 bits per heavy atom. The molecule has 0 aromatic heterocycles. The maximum atomic E-state index is 14.8. The molecule has 0 spiro atoms. The summed E-state index contributed by atoms with van der Waals surface area (Å²) in [7, 11) is -9.22. The van der Waals surface area contributed by atoms with E-state index < -0.39 is 60.3 Å². The highest BCUT2D eigenvalue weighted by molar-refractivity contribution is 7.52. The van der Waals surface area contributed by atoms with E-state index in [1.165, 1.54) is 6.34 Å². The average molecular weight is 822 g/mol. The lowest BCUT2D eigenvalue weighted by Crippen LogP contribution is -2.61. The lowest BCUT2D eigenvalue weighted by Gasteiger charge is -2.47. The van der Waals surface area contributed by atoms with Gasteiger partial charge in [-0.25, -0.2) is 9.56 Å². The summed E-state index contributed by atoms with van der Waals surface area (Å²) in [5, 5.41) is 9.09. The van der Waals surface area contributed by atoms with Crippen LogP contribution in [0.4, 0.5) is 0 Å². The second-order valence-electron chi connectivity index (χ2n) is 18.3. The molecule has 3 aliphatic heterocycles. The standard InChI is InChI=1S/C39H68N5O8PSi2/c1-15-28(16-2)24-47-36(45)27(3)43-53(46,50-29-20-18-17-19-21-29)48-25-31-33(51-54(11,12)37(4,5)6)34(52-55(13,14)38(7,8)9)39(10,49-31)32-23-22-30-35(40)41-26-42-44(30)32/h17-22,26-28,31-34H,15-16,23-25H2,1-14H3,(H,43,46)(H2,40,41,42)/t27-,31+,32?,33?,34?,39-,53-/m0/s1. The van der Waals surface area contributed by atoms with Crippen LogP contribution in [0.3, 0.4) is 0 Å². The Morgan fingerprint density at radius 2 is 1.65 bits per heavy atom. The number of hydrazone groups is 1. The molecule has 1 fully saturated rings. The zero-order valence-electron chi connectivity index (χ0n) is 35.7. The van der Waals surface area contributed by atoms with Crippen LogP contribution in [0, 0.1) is 5.92 Å². The highest BCUT2D eigenvalue weighted by Crippen LogP contribution is 2.52. The minimum absolute atomic E-state index is 0.133. The molecule has 3 N–H and O–H groups in total. The molecule has 3 unspecified atom stereocenters. The third-order valence-corrected chi connectivity index (χ3v) is 22.7. The van der Waals surface area contributed by atoms with Gasteiger partial charge in [0.2, 0.25) is 0 Å². The normalized spacial score (nSPS) is 26.3. The molecular formula is C39H68N5O8PSi2. The molecule has 3 heterocycles. The minimum Gasteiger partial charge on any atom is -0.464 e. The number of nitrogens with two attached hydrogens (primary N) is 1. The quantitative estimate of drug-likeness (QED) is 0.0885. The Morgan fingerprint density at radius 3 is 2.24 bits per heavy atom. The van der Waals surface area contributed by atoms with Crippen LogP contribution in [-0.2, 0) is 32.2 Å². The van der Waals surface area contributed by atoms with E-state index in [4.69, 9.17) is 33.1 Å². The molecule has 0 bridgehead atoms. The van der Waals surface area contributed by atoms with Crippen molar-refractivity contribution in [2.45, 2.75) is 161 Å². The Labute approximate surface area is 332 Å². The van der Waals surface area contributed by atoms with Gasteiger partial charge in [0.1, 0.15) is 42.0 Å². The first kappa shape index (κ1) is 45.3. The molecular weight excluding hydrogens is 754 g/mol. The van der Waals surface area contributed by atoms with E-state index in [0.29, 0.717) is 18.0 Å². The van der Waals surface area contributed by atoms with Crippen LogP contribution in [0.15, 0.2) is 52.2 Å². The molecule has 7 atom stereocenters. The fourth-order valence-corrected chi connectivity index (χ4v) is 10.5. The average Bonchev–Trinajstić information content (AvgIpc) is 3.64. The van der Waals surface area contributed by atoms with Crippen molar-refractivity contribution < 1.29 is 36.7 Å². The molecule has 0 aliphatic carbocycles. The molecule has 0 saturated carbocycles. The number of fused-ring (bicyclic) bond motifs is 1. The number of rotatable bonds is 17. The summed E-state index contributed by atoms with van der Waals surface area (Å²) in [5.41, 5.74) is 6.05. The number of esters is 1.